The van der Waals surface area contributed by atoms with Crippen LogP contribution in [0.2, 0.25) is 0 Å². The van der Waals surface area contributed by atoms with Crippen LogP contribution in [0.3, 0.4) is 0 Å². The van der Waals surface area contributed by atoms with Crippen LogP contribution in [0, 0.1) is 6.92 Å². The normalized spacial score (nSPS) is 10.6. The van der Waals surface area contributed by atoms with E-state index in [2.05, 4.69) is 10.3 Å². The molecule has 36 heavy (non-hydrogen) atoms. The highest BCUT2D eigenvalue weighted by Gasteiger charge is 2.23. The first-order valence-corrected chi connectivity index (χ1v) is 11.5. The summed E-state index contributed by atoms with van der Waals surface area (Å²) in [5.74, 6) is -1.34. The number of aromatic nitrogens is 1. The Labute approximate surface area is 209 Å². The molecule has 0 fully saturated rings. The highest BCUT2D eigenvalue weighted by molar-refractivity contribution is 6.07. The largest absolute Gasteiger partial charge is 0.465 e. The van der Waals surface area contributed by atoms with Crippen LogP contribution < -0.4 is 5.32 Å². The molecule has 1 aromatic heterocycles. The van der Waals surface area contributed by atoms with E-state index in [1.54, 1.807) is 12.1 Å². The number of carbonyl (C=O) groups is 3. The second-order valence-electron chi connectivity index (χ2n) is 8.16. The molecular weight excluding hydrogens is 456 g/mol. The second kappa shape index (κ2) is 11.3. The molecule has 0 unspecified atom stereocenters. The van der Waals surface area contributed by atoms with Gasteiger partial charge in [-0.25, -0.2) is 9.78 Å². The summed E-state index contributed by atoms with van der Waals surface area (Å²) in [5, 5.41) is 3.52. The average Bonchev–Trinajstić information content (AvgIpc) is 2.91. The van der Waals surface area contributed by atoms with Gasteiger partial charge >= 0.3 is 11.9 Å². The Kier molecular flexibility index (Phi) is 7.70. The van der Waals surface area contributed by atoms with E-state index in [0.29, 0.717) is 22.3 Å². The van der Waals surface area contributed by atoms with Crippen molar-refractivity contribution in [3.8, 4) is 11.1 Å². The number of esters is 2. The average molecular weight is 483 g/mol. The SMILES string of the molecule is COC(=O)c1c(COC(=O)CCNC(=O)c2ccccc2C)nc2ccccc2c1-c1ccccc1. The summed E-state index contributed by atoms with van der Waals surface area (Å²) in [6.07, 6.45) is -0.0235. The molecule has 0 aliphatic carbocycles. The molecule has 4 rings (SSSR count). The van der Waals surface area contributed by atoms with Gasteiger partial charge in [-0.2, -0.15) is 0 Å². The van der Waals surface area contributed by atoms with Crippen LogP contribution in [0.25, 0.3) is 22.0 Å². The molecule has 0 aliphatic rings. The maximum absolute atomic E-state index is 12.9. The molecule has 182 valence electrons. The summed E-state index contributed by atoms with van der Waals surface area (Å²) in [6, 6.07) is 24.2. The molecule has 0 bridgehead atoms. The fraction of sp³-hybridized carbons (Fsp3) is 0.172. The molecule has 7 heteroatoms. The number of ether oxygens (including phenoxy) is 2. The van der Waals surface area contributed by atoms with Crippen LogP contribution in [0.15, 0.2) is 78.9 Å². The van der Waals surface area contributed by atoms with E-state index in [9.17, 15) is 14.4 Å². The van der Waals surface area contributed by atoms with Crippen LogP contribution in [0.4, 0.5) is 0 Å². The molecule has 0 atom stereocenters. The lowest BCUT2D eigenvalue weighted by Crippen LogP contribution is -2.27. The van der Waals surface area contributed by atoms with Crippen molar-refractivity contribution in [2.24, 2.45) is 0 Å². The summed E-state index contributed by atoms with van der Waals surface area (Å²) < 4.78 is 10.5. The van der Waals surface area contributed by atoms with Crippen molar-refractivity contribution >= 4 is 28.7 Å². The maximum atomic E-state index is 12.9. The predicted molar refractivity (Wildman–Crippen MR) is 136 cm³/mol. The summed E-state index contributed by atoms with van der Waals surface area (Å²) in [7, 11) is 1.30. The van der Waals surface area contributed by atoms with Crippen molar-refractivity contribution in [2.75, 3.05) is 13.7 Å². The number of para-hydroxylation sites is 1. The number of pyridine rings is 1. The van der Waals surface area contributed by atoms with Crippen molar-refractivity contribution in [3.63, 3.8) is 0 Å². The number of fused-ring (bicyclic) bond motifs is 1. The van der Waals surface area contributed by atoms with E-state index in [1.807, 2.05) is 73.7 Å². The third-order valence-electron chi connectivity index (χ3n) is 5.79. The van der Waals surface area contributed by atoms with E-state index >= 15 is 0 Å². The minimum Gasteiger partial charge on any atom is -0.465 e. The first-order valence-electron chi connectivity index (χ1n) is 11.5. The summed E-state index contributed by atoms with van der Waals surface area (Å²) in [4.78, 5) is 42.3. The van der Waals surface area contributed by atoms with Gasteiger partial charge in [0, 0.05) is 23.1 Å². The van der Waals surface area contributed by atoms with Gasteiger partial charge in [-0.15, -0.1) is 0 Å². The van der Waals surface area contributed by atoms with E-state index in [0.717, 1.165) is 16.5 Å². The van der Waals surface area contributed by atoms with Crippen molar-refractivity contribution in [1.82, 2.24) is 10.3 Å². The Bertz CT molecular complexity index is 1420. The Morgan fingerprint density at radius 2 is 1.58 bits per heavy atom. The lowest BCUT2D eigenvalue weighted by Gasteiger charge is -2.16. The van der Waals surface area contributed by atoms with Gasteiger partial charge in [0.15, 0.2) is 0 Å². The molecule has 0 saturated heterocycles. The Balaban J connectivity index is 1.53. The van der Waals surface area contributed by atoms with Gasteiger partial charge in [-0.3, -0.25) is 9.59 Å². The van der Waals surface area contributed by atoms with E-state index in [-0.39, 0.29) is 31.0 Å². The number of amides is 1. The van der Waals surface area contributed by atoms with Crippen molar-refractivity contribution in [1.29, 1.82) is 0 Å². The van der Waals surface area contributed by atoms with E-state index < -0.39 is 11.9 Å². The van der Waals surface area contributed by atoms with Gasteiger partial charge in [0.2, 0.25) is 0 Å². The van der Waals surface area contributed by atoms with E-state index in [1.165, 1.54) is 7.11 Å². The number of nitrogens with zero attached hydrogens (tertiary/aromatic N) is 1. The van der Waals surface area contributed by atoms with Crippen molar-refractivity contribution in [2.45, 2.75) is 20.0 Å². The fourth-order valence-corrected chi connectivity index (χ4v) is 4.02. The Morgan fingerprint density at radius 1 is 0.889 bits per heavy atom. The van der Waals surface area contributed by atoms with Gasteiger partial charge in [0.1, 0.15) is 6.61 Å². The number of rotatable bonds is 8. The summed E-state index contributed by atoms with van der Waals surface area (Å²) in [6.45, 7) is 1.76. The Hall–Kier alpha value is -4.52. The molecule has 0 spiro atoms. The minimum atomic E-state index is -0.566. The zero-order chi connectivity index (χ0) is 25.5. The standard InChI is InChI=1S/C29H26N2O5/c1-19-10-6-7-13-21(19)28(33)30-17-16-25(32)36-18-24-27(29(34)35-2)26(20-11-4-3-5-12-20)22-14-8-9-15-23(22)31-24/h3-15H,16-18H2,1-2H3,(H,30,33). The monoisotopic (exact) mass is 482 g/mol. The highest BCUT2D eigenvalue weighted by atomic mass is 16.5. The van der Waals surface area contributed by atoms with Crippen molar-refractivity contribution in [3.05, 3.63) is 101 Å². The molecule has 7 nitrogen and oxygen atoms in total. The number of nitrogens with one attached hydrogen (secondary N) is 1. The number of hydrogen-bond acceptors (Lipinski definition) is 6. The number of methoxy groups -OCH3 is 1. The topological polar surface area (TPSA) is 94.6 Å². The van der Waals surface area contributed by atoms with Gasteiger partial charge in [0.05, 0.1) is 30.3 Å². The first kappa shape index (κ1) is 24.6. The zero-order valence-electron chi connectivity index (χ0n) is 20.1. The molecule has 0 radical (unpaired) electrons. The third kappa shape index (κ3) is 5.41. The van der Waals surface area contributed by atoms with Gasteiger partial charge in [-0.1, -0.05) is 66.7 Å². The van der Waals surface area contributed by atoms with E-state index in [4.69, 9.17) is 9.47 Å². The van der Waals surface area contributed by atoms with Crippen LogP contribution in [0.1, 0.15) is 38.4 Å². The molecule has 0 aliphatic heterocycles. The summed E-state index contributed by atoms with van der Waals surface area (Å²) >= 11 is 0. The van der Waals surface area contributed by atoms with Crippen LogP contribution >= 0.6 is 0 Å². The number of hydrogen-bond donors (Lipinski definition) is 1. The quantitative estimate of drug-likeness (QED) is 0.361. The van der Waals surface area contributed by atoms with Crippen LogP contribution in [-0.2, 0) is 20.9 Å². The first-order chi connectivity index (χ1) is 17.5. The highest BCUT2D eigenvalue weighted by Crippen LogP contribution is 2.34. The van der Waals surface area contributed by atoms with Crippen LogP contribution in [-0.4, -0.2) is 36.5 Å². The number of carbonyl (C=O) groups excluding carboxylic acids is 3. The van der Waals surface area contributed by atoms with Crippen LogP contribution in [0.5, 0.6) is 0 Å². The number of aryl methyl sites for hydroxylation is 1. The van der Waals surface area contributed by atoms with Crippen molar-refractivity contribution < 1.29 is 23.9 Å². The minimum absolute atomic E-state index is 0.0235. The van der Waals surface area contributed by atoms with Gasteiger partial charge < -0.3 is 14.8 Å². The number of benzene rings is 3. The molecule has 1 amide bonds. The lowest BCUT2D eigenvalue weighted by atomic mass is 9.94. The van der Waals surface area contributed by atoms with Gasteiger partial charge in [-0.05, 0) is 30.2 Å². The predicted octanol–water partition coefficient (Wildman–Crippen LogP) is 4.86. The van der Waals surface area contributed by atoms with Gasteiger partial charge in [0.25, 0.3) is 5.91 Å². The lowest BCUT2D eigenvalue weighted by molar-refractivity contribution is -0.144. The molecule has 4 aromatic rings. The molecule has 0 saturated carbocycles. The third-order valence-corrected chi connectivity index (χ3v) is 5.79. The smallest absolute Gasteiger partial charge is 0.340 e. The fourth-order valence-electron chi connectivity index (χ4n) is 4.02. The maximum Gasteiger partial charge on any atom is 0.340 e. The zero-order valence-corrected chi connectivity index (χ0v) is 20.1. The second-order valence-corrected chi connectivity index (χ2v) is 8.16. The molecule has 1 heterocycles. The molecule has 3 aromatic carbocycles. The Morgan fingerprint density at radius 3 is 2.33 bits per heavy atom. The molecule has 1 N–H and O–H groups in total. The summed E-state index contributed by atoms with van der Waals surface area (Å²) in [5.41, 5.74) is 4.12. The molecular formula is C29H26N2O5.